The van der Waals surface area contributed by atoms with Crippen LogP contribution in [0, 0.1) is 5.82 Å². The van der Waals surface area contributed by atoms with Gasteiger partial charge in [0.05, 0.1) is 0 Å². The molecule has 2 aromatic rings. The summed E-state index contributed by atoms with van der Waals surface area (Å²) in [5.41, 5.74) is 2.14. The molecule has 0 aliphatic rings. The number of rotatable bonds is 4. The Morgan fingerprint density at radius 2 is 2.27 bits per heavy atom. The first-order valence-electron chi connectivity index (χ1n) is 5.05. The van der Waals surface area contributed by atoms with Crippen LogP contribution in [0.25, 0.3) is 10.9 Å². The minimum absolute atomic E-state index is 0.185. The molecule has 0 radical (unpaired) electrons. The van der Waals surface area contributed by atoms with Crippen molar-refractivity contribution in [1.29, 1.82) is 0 Å². The van der Waals surface area contributed by atoms with Crippen LogP contribution in [0.15, 0.2) is 24.4 Å². The molecule has 2 rings (SSSR count). The molecule has 0 amide bonds. The topological polar surface area (TPSA) is 25.0 Å². The third kappa shape index (κ3) is 2.18. The van der Waals surface area contributed by atoms with E-state index >= 15 is 0 Å². The van der Waals surface area contributed by atoms with Crippen molar-refractivity contribution in [3.63, 3.8) is 0 Å². The van der Waals surface area contributed by atoms with Gasteiger partial charge in [0.1, 0.15) is 5.82 Å². The molecular weight excluding hydrogens is 193 g/mol. The first kappa shape index (κ1) is 10.2. The third-order valence-electron chi connectivity index (χ3n) is 2.52. The fraction of sp³-hybridized carbons (Fsp3) is 0.333. The van der Waals surface area contributed by atoms with Crippen molar-refractivity contribution in [3.8, 4) is 0 Å². The van der Waals surface area contributed by atoms with E-state index in [1.807, 2.05) is 6.20 Å². The standard InChI is InChI=1S/C12H14FNO/c1-15-6-2-3-9-8-14-12-5-4-10(13)7-11(9)12/h4-5,7-8,14H,2-3,6H2,1H3. The highest BCUT2D eigenvalue weighted by molar-refractivity contribution is 5.83. The second-order valence-electron chi connectivity index (χ2n) is 3.60. The van der Waals surface area contributed by atoms with Crippen molar-refractivity contribution >= 4 is 10.9 Å². The minimum atomic E-state index is -0.185. The molecule has 0 spiro atoms. The summed E-state index contributed by atoms with van der Waals surface area (Å²) in [7, 11) is 1.69. The van der Waals surface area contributed by atoms with Crippen molar-refractivity contribution in [2.24, 2.45) is 0 Å². The number of fused-ring (bicyclic) bond motifs is 1. The van der Waals surface area contributed by atoms with Crippen LogP contribution in [-0.2, 0) is 11.2 Å². The number of ether oxygens (including phenoxy) is 1. The highest BCUT2D eigenvalue weighted by Crippen LogP contribution is 2.20. The molecule has 0 bridgehead atoms. The first-order valence-corrected chi connectivity index (χ1v) is 5.05. The molecule has 0 saturated carbocycles. The van der Waals surface area contributed by atoms with Gasteiger partial charge in [-0.05, 0) is 36.6 Å². The lowest BCUT2D eigenvalue weighted by atomic mass is 10.1. The van der Waals surface area contributed by atoms with Gasteiger partial charge in [0, 0.05) is 30.8 Å². The Bertz CT molecular complexity index is 450. The van der Waals surface area contributed by atoms with Crippen LogP contribution < -0.4 is 0 Å². The van der Waals surface area contributed by atoms with Crippen LogP contribution in [0.5, 0.6) is 0 Å². The van der Waals surface area contributed by atoms with Crippen LogP contribution in [-0.4, -0.2) is 18.7 Å². The molecule has 1 aromatic heterocycles. The Morgan fingerprint density at radius 3 is 3.07 bits per heavy atom. The number of nitrogens with one attached hydrogen (secondary N) is 1. The van der Waals surface area contributed by atoms with E-state index in [4.69, 9.17) is 4.74 Å². The molecule has 0 aliphatic heterocycles. The van der Waals surface area contributed by atoms with Gasteiger partial charge in [-0.15, -0.1) is 0 Å². The summed E-state index contributed by atoms with van der Waals surface area (Å²) in [6.45, 7) is 0.738. The molecule has 80 valence electrons. The number of H-pyrrole nitrogens is 1. The molecule has 1 heterocycles. The second kappa shape index (κ2) is 4.45. The SMILES string of the molecule is COCCCc1c[nH]c2ccc(F)cc12. The van der Waals surface area contributed by atoms with Crippen LogP contribution in [0.4, 0.5) is 4.39 Å². The predicted octanol–water partition coefficient (Wildman–Crippen LogP) is 2.89. The van der Waals surface area contributed by atoms with Crippen LogP contribution in [0.3, 0.4) is 0 Å². The molecule has 0 saturated heterocycles. The Balaban J connectivity index is 2.23. The lowest BCUT2D eigenvalue weighted by Crippen LogP contribution is -1.91. The summed E-state index contributed by atoms with van der Waals surface area (Å²) in [6, 6.07) is 4.82. The summed E-state index contributed by atoms with van der Waals surface area (Å²) in [6.07, 6.45) is 3.82. The molecule has 0 fully saturated rings. The van der Waals surface area contributed by atoms with Crippen LogP contribution in [0.2, 0.25) is 0 Å². The summed E-state index contributed by atoms with van der Waals surface area (Å²) in [5.74, 6) is -0.185. The van der Waals surface area contributed by atoms with Crippen molar-refractivity contribution in [2.45, 2.75) is 12.8 Å². The Hall–Kier alpha value is -1.35. The molecule has 1 N–H and O–H groups in total. The Labute approximate surface area is 88.1 Å². The largest absolute Gasteiger partial charge is 0.385 e. The Kier molecular flexibility index (Phi) is 3.02. The number of benzene rings is 1. The summed E-state index contributed by atoms with van der Waals surface area (Å²) < 4.78 is 18.0. The minimum Gasteiger partial charge on any atom is -0.385 e. The zero-order valence-corrected chi connectivity index (χ0v) is 8.72. The normalized spacial score (nSPS) is 11.1. The summed E-state index contributed by atoms with van der Waals surface area (Å²) >= 11 is 0. The van der Waals surface area contributed by atoms with Crippen molar-refractivity contribution in [3.05, 3.63) is 35.8 Å². The number of hydrogen-bond donors (Lipinski definition) is 1. The maximum absolute atomic E-state index is 13.0. The summed E-state index contributed by atoms with van der Waals surface area (Å²) in [4.78, 5) is 3.13. The highest BCUT2D eigenvalue weighted by atomic mass is 19.1. The molecule has 15 heavy (non-hydrogen) atoms. The van der Waals surface area contributed by atoms with Gasteiger partial charge in [0.2, 0.25) is 0 Å². The highest BCUT2D eigenvalue weighted by Gasteiger charge is 2.04. The van der Waals surface area contributed by atoms with Gasteiger partial charge < -0.3 is 9.72 Å². The molecule has 0 aliphatic carbocycles. The molecule has 2 nitrogen and oxygen atoms in total. The smallest absolute Gasteiger partial charge is 0.123 e. The number of aromatic amines is 1. The quantitative estimate of drug-likeness (QED) is 0.766. The zero-order valence-electron chi connectivity index (χ0n) is 8.72. The van der Waals surface area contributed by atoms with E-state index in [1.54, 1.807) is 19.2 Å². The van der Waals surface area contributed by atoms with Crippen LogP contribution in [0.1, 0.15) is 12.0 Å². The molecule has 1 aromatic carbocycles. The van der Waals surface area contributed by atoms with E-state index in [2.05, 4.69) is 4.98 Å². The van der Waals surface area contributed by atoms with Crippen molar-refractivity contribution < 1.29 is 9.13 Å². The fourth-order valence-corrected chi connectivity index (χ4v) is 1.76. The van der Waals surface area contributed by atoms with E-state index in [0.717, 1.165) is 35.9 Å². The number of aromatic nitrogens is 1. The van der Waals surface area contributed by atoms with Gasteiger partial charge in [0.15, 0.2) is 0 Å². The van der Waals surface area contributed by atoms with Gasteiger partial charge in [-0.25, -0.2) is 4.39 Å². The van der Waals surface area contributed by atoms with E-state index in [-0.39, 0.29) is 5.82 Å². The van der Waals surface area contributed by atoms with Crippen molar-refractivity contribution in [1.82, 2.24) is 4.98 Å². The lowest BCUT2D eigenvalue weighted by Gasteiger charge is -1.99. The number of halogens is 1. The monoisotopic (exact) mass is 207 g/mol. The molecule has 3 heteroatoms. The lowest BCUT2D eigenvalue weighted by molar-refractivity contribution is 0.195. The maximum Gasteiger partial charge on any atom is 0.123 e. The molecule has 0 atom stereocenters. The molecular formula is C12H14FNO. The first-order chi connectivity index (χ1) is 7.31. The van der Waals surface area contributed by atoms with Gasteiger partial charge in [-0.1, -0.05) is 0 Å². The average Bonchev–Trinajstić information content (AvgIpc) is 2.62. The van der Waals surface area contributed by atoms with Crippen molar-refractivity contribution in [2.75, 3.05) is 13.7 Å². The van der Waals surface area contributed by atoms with Gasteiger partial charge >= 0.3 is 0 Å². The van der Waals surface area contributed by atoms with E-state index in [1.165, 1.54) is 6.07 Å². The van der Waals surface area contributed by atoms with E-state index < -0.39 is 0 Å². The fourth-order valence-electron chi connectivity index (χ4n) is 1.76. The Morgan fingerprint density at radius 1 is 1.40 bits per heavy atom. The summed E-state index contributed by atoms with van der Waals surface area (Å²) in [5, 5.41) is 0.978. The van der Waals surface area contributed by atoms with Gasteiger partial charge in [0.25, 0.3) is 0 Å². The predicted molar refractivity (Wildman–Crippen MR) is 58.5 cm³/mol. The second-order valence-corrected chi connectivity index (χ2v) is 3.60. The van der Waals surface area contributed by atoms with Crippen LogP contribution >= 0.6 is 0 Å². The number of aryl methyl sites for hydroxylation is 1. The van der Waals surface area contributed by atoms with E-state index in [9.17, 15) is 4.39 Å². The maximum atomic E-state index is 13.0. The third-order valence-corrected chi connectivity index (χ3v) is 2.52. The molecule has 0 unspecified atom stereocenters. The van der Waals surface area contributed by atoms with Gasteiger partial charge in [-0.2, -0.15) is 0 Å². The zero-order chi connectivity index (χ0) is 10.7. The van der Waals surface area contributed by atoms with Gasteiger partial charge in [-0.3, -0.25) is 0 Å². The average molecular weight is 207 g/mol. The number of hydrogen-bond acceptors (Lipinski definition) is 1. The number of methoxy groups -OCH3 is 1. The van der Waals surface area contributed by atoms with E-state index in [0.29, 0.717) is 0 Å².